The number of rotatable bonds is 18. The van der Waals surface area contributed by atoms with Crippen molar-refractivity contribution in [2.45, 2.75) is 115 Å². The Morgan fingerprint density at radius 2 is 1.60 bits per heavy atom. The van der Waals surface area contributed by atoms with Crippen LogP contribution in [0.2, 0.25) is 0 Å². The molecule has 8 heteroatoms. The molecule has 0 aliphatic heterocycles. The normalized spacial score (nSPS) is 20.9. The minimum atomic E-state index is -4.99. The molecular weight excluding hydrogens is 521 g/mol. The summed E-state index contributed by atoms with van der Waals surface area (Å²) >= 11 is 0. The van der Waals surface area contributed by atoms with Crippen molar-refractivity contribution in [2.24, 2.45) is 11.8 Å². The summed E-state index contributed by atoms with van der Waals surface area (Å²) in [7, 11) is 0.902. The third kappa shape index (κ3) is 9.64. The zero-order valence-corrected chi connectivity index (χ0v) is 24.3. The molecule has 1 aromatic rings. The van der Waals surface area contributed by atoms with E-state index in [1.807, 2.05) is 0 Å². The summed E-state index contributed by atoms with van der Waals surface area (Å²) in [6, 6.07) is 6.99. The molecule has 0 heterocycles. The van der Waals surface area contributed by atoms with Crippen LogP contribution in [0.1, 0.15) is 103 Å². The van der Waals surface area contributed by atoms with Crippen LogP contribution in [0, 0.1) is 11.8 Å². The standard InChI is InChI=1S/C32H47F3O5/c1-4-6-7-8-9-13-18-25-23-24-28(27(25)21-16-10-11-17-22-29(36)39-5-2)40-30(37)31(38-3,32(33,34)35)26-19-14-12-15-20-26/h12,14-15,17,19-20,22,25,27-28H,4-11,13,16,18,21,23-24H2,1-3H3/t25-,27+,28-,31?/m0/s1. The number of allylic oxidation sites excluding steroid dienone is 1. The Morgan fingerprint density at radius 1 is 0.925 bits per heavy atom. The molecule has 1 saturated carbocycles. The van der Waals surface area contributed by atoms with Gasteiger partial charge < -0.3 is 14.2 Å². The lowest BCUT2D eigenvalue weighted by molar-refractivity contribution is -0.278. The van der Waals surface area contributed by atoms with E-state index in [1.54, 1.807) is 19.1 Å². The zero-order chi connectivity index (χ0) is 29.4. The van der Waals surface area contributed by atoms with Crippen LogP contribution in [0.5, 0.6) is 0 Å². The average Bonchev–Trinajstić information content (AvgIpc) is 3.29. The molecule has 1 fully saturated rings. The van der Waals surface area contributed by atoms with Gasteiger partial charge in [0, 0.05) is 18.7 Å². The Hall–Kier alpha value is -2.35. The summed E-state index contributed by atoms with van der Waals surface area (Å²) < 4.78 is 58.8. The van der Waals surface area contributed by atoms with Gasteiger partial charge in [-0.15, -0.1) is 0 Å². The number of halogens is 3. The Kier molecular flexibility index (Phi) is 14.8. The van der Waals surface area contributed by atoms with Crippen LogP contribution in [-0.2, 0) is 29.4 Å². The molecule has 0 bridgehead atoms. The van der Waals surface area contributed by atoms with Crippen molar-refractivity contribution < 1.29 is 37.0 Å². The van der Waals surface area contributed by atoms with Crippen molar-refractivity contribution in [3.63, 3.8) is 0 Å². The fourth-order valence-corrected chi connectivity index (χ4v) is 5.84. The molecule has 4 atom stereocenters. The van der Waals surface area contributed by atoms with E-state index in [0.29, 0.717) is 25.4 Å². The molecule has 40 heavy (non-hydrogen) atoms. The van der Waals surface area contributed by atoms with Gasteiger partial charge in [-0.3, -0.25) is 0 Å². The highest BCUT2D eigenvalue weighted by molar-refractivity contribution is 5.83. The van der Waals surface area contributed by atoms with Gasteiger partial charge in [-0.05, 0) is 50.9 Å². The van der Waals surface area contributed by atoms with Crippen molar-refractivity contribution in [1.29, 1.82) is 0 Å². The van der Waals surface area contributed by atoms with Gasteiger partial charge in [-0.1, -0.05) is 94.7 Å². The topological polar surface area (TPSA) is 61.8 Å². The summed E-state index contributed by atoms with van der Waals surface area (Å²) in [6.45, 7) is 4.27. The number of alkyl halides is 3. The van der Waals surface area contributed by atoms with Gasteiger partial charge in [0.05, 0.1) is 6.61 Å². The van der Waals surface area contributed by atoms with Crippen LogP contribution in [0.25, 0.3) is 0 Å². The van der Waals surface area contributed by atoms with E-state index in [9.17, 15) is 22.8 Å². The first-order valence-corrected chi connectivity index (χ1v) is 14.9. The molecule has 1 aliphatic rings. The van der Waals surface area contributed by atoms with E-state index in [-0.39, 0.29) is 17.5 Å². The fraction of sp³-hybridized carbons (Fsp3) is 0.688. The third-order valence-corrected chi connectivity index (χ3v) is 7.96. The highest BCUT2D eigenvalue weighted by atomic mass is 19.4. The second-order valence-corrected chi connectivity index (χ2v) is 10.7. The van der Waals surface area contributed by atoms with Gasteiger partial charge in [0.25, 0.3) is 5.60 Å². The lowest BCUT2D eigenvalue weighted by Crippen LogP contribution is -2.52. The Labute approximate surface area is 237 Å². The average molecular weight is 569 g/mol. The third-order valence-electron chi connectivity index (χ3n) is 7.96. The van der Waals surface area contributed by atoms with Crippen molar-refractivity contribution in [3.05, 3.63) is 48.0 Å². The summed E-state index contributed by atoms with van der Waals surface area (Å²) in [4.78, 5) is 24.8. The van der Waals surface area contributed by atoms with Gasteiger partial charge >= 0.3 is 18.1 Å². The quantitative estimate of drug-likeness (QED) is 0.101. The van der Waals surface area contributed by atoms with E-state index in [1.165, 1.54) is 56.0 Å². The molecule has 1 aromatic carbocycles. The summed E-state index contributed by atoms with van der Waals surface area (Å²) in [6.07, 6.45) is 10.2. The Morgan fingerprint density at radius 3 is 2.25 bits per heavy atom. The van der Waals surface area contributed by atoms with Crippen LogP contribution in [0.3, 0.4) is 0 Å². The second-order valence-electron chi connectivity index (χ2n) is 10.7. The molecule has 0 aromatic heterocycles. The highest BCUT2D eigenvalue weighted by Crippen LogP contribution is 2.46. The number of hydrogen-bond acceptors (Lipinski definition) is 5. The number of hydrogen-bond donors (Lipinski definition) is 0. The van der Waals surface area contributed by atoms with Crippen LogP contribution >= 0.6 is 0 Å². The molecule has 0 amide bonds. The maximum Gasteiger partial charge on any atom is 0.432 e. The van der Waals surface area contributed by atoms with Gasteiger partial charge in [-0.2, -0.15) is 13.2 Å². The number of carbonyl (C=O) groups is 2. The predicted molar refractivity (Wildman–Crippen MR) is 150 cm³/mol. The van der Waals surface area contributed by atoms with Gasteiger partial charge in [-0.25, -0.2) is 9.59 Å². The summed E-state index contributed by atoms with van der Waals surface area (Å²) in [5, 5.41) is 0. The SMILES string of the molecule is CCCCCCCC[C@H]1CC[C@H](OC(=O)C(OC)(c2ccccc2)C(F)(F)F)[C@@H]1CCCCC=CC(=O)OCC. The number of carbonyl (C=O) groups excluding carboxylic acids is 2. The highest BCUT2D eigenvalue weighted by Gasteiger charge is 2.64. The van der Waals surface area contributed by atoms with Crippen molar-refractivity contribution in [3.8, 4) is 0 Å². The molecule has 1 aliphatic carbocycles. The van der Waals surface area contributed by atoms with Crippen LogP contribution in [-0.4, -0.2) is 37.9 Å². The molecule has 0 N–H and O–H groups in total. The molecule has 226 valence electrons. The molecular formula is C32H47F3O5. The minimum Gasteiger partial charge on any atom is -0.463 e. The lowest BCUT2D eigenvalue weighted by atomic mass is 9.85. The Bertz CT molecular complexity index is 902. The predicted octanol–water partition coefficient (Wildman–Crippen LogP) is 8.46. The molecule has 0 saturated heterocycles. The smallest absolute Gasteiger partial charge is 0.432 e. The van der Waals surface area contributed by atoms with Crippen molar-refractivity contribution in [2.75, 3.05) is 13.7 Å². The van der Waals surface area contributed by atoms with Gasteiger partial charge in [0.1, 0.15) is 6.10 Å². The van der Waals surface area contributed by atoms with E-state index in [0.717, 1.165) is 52.1 Å². The largest absolute Gasteiger partial charge is 0.463 e. The van der Waals surface area contributed by atoms with Crippen LogP contribution in [0.15, 0.2) is 42.5 Å². The summed E-state index contributed by atoms with van der Waals surface area (Å²) in [5.74, 6) is -1.47. The second kappa shape index (κ2) is 17.5. The van der Waals surface area contributed by atoms with Crippen molar-refractivity contribution in [1.82, 2.24) is 0 Å². The lowest BCUT2D eigenvalue weighted by Gasteiger charge is -2.34. The van der Waals surface area contributed by atoms with Gasteiger partial charge in [0.2, 0.25) is 0 Å². The van der Waals surface area contributed by atoms with E-state index in [4.69, 9.17) is 14.2 Å². The number of unbranched alkanes of at least 4 members (excludes halogenated alkanes) is 7. The molecule has 1 unspecified atom stereocenters. The van der Waals surface area contributed by atoms with E-state index < -0.39 is 23.9 Å². The summed E-state index contributed by atoms with van der Waals surface area (Å²) in [5.41, 5.74) is -3.46. The first-order chi connectivity index (χ1) is 19.2. The first kappa shape index (κ1) is 33.9. The fourth-order valence-electron chi connectivity index (χ4n) is 5.84. The number of methoxy groups -OCH3 is 1. The molecule has 0 radical (unpaired) electrons. The first-order valence-electron chi connectivity index (χ1n) is 14.9. The van der Waals surface area contributed by atoms with Gasteiger partial charge in [0.15, 0.2) is 0 Å². The maximum atomic E-state index is 14.4. The number of benzene rings is 1. The molecule has 0 spiro atoms. The van der Waals surface area contributed by atoms with Crippen molar-refractivity contribution >= 4 is 11.9 Å². The van der Waals surface area contributed by atoms with Crippen LogP contribution < -0.4 is 0 Å². The van der Waals surface area contributed by atoms with Crippen LogP contribution in [0.4, 0.5) is 13.2 Å². The molecule has 5 nitrogen and oxygen atoms in total. The van der Waals surface area contributed by atoms with E-state index >= 15 is 0 Å². The maximum absolute atomic E-state index is 14.4. The zero-order valence-electron chi connectivity index (χ0n) is 24.3. The number of ether oxygens (including phenoxy) is 3. The molecule has 2 rings (SSSR count). The number of esters is 2. The monoisotopic (exact) mass is 568 g/mol. The minimum absolute atomic E-state index is 0.00723. The Balaban J connectivity index is 2.10. The van der Waals surface area contributed by atoms with E-state index in [2.05, 4.69) is 6.92 Å².